The first-order valence-electron chi connectivity index (χ1n) is 9.03. The zero-order valence-corrected chi connectivity index (χ0v) is 16.8. The number of piperazine rings is 1. The lowest BCUT2D eigenvalue weighted by Gasteiger charge is -2.36. The molecular weight excluding hydrogens is 364 g/mol. The zero-order chi connectivity index (χ0) is 19.2. The maximum atomic E-state index is 10.0. The van der Waals surface area contributed by atoms with Gasteiger partial charge in [0, 0.05) is 63.3 Å². The summed E-state index contributed by atoms with van der Waals surface area (Å²) >= 11 is 1.47. The number of aromatic nitrogens is 2. The first-order valence-corrected chi connectivity index (χ1v) is 9.81. The third-order valence-electron chi connectivity index (χ3n) is 4.56. The number of nitrogens with zero attached hydrogens (tertiary/aromatic N) is 5. The van der Waals surface area contributed by atoms with Gasteiger partial charge < -0.3 is 25.0 Å². The number of ether oxygens (including phenoxy) is 1. The van der Waals surface area contributed by atoms with Gasteiger partial charge in [-0.1, -0.05) is 6.92 Å². The number of benzene rings is 1. The van der Waals surface area contributed by atoms with Crippen molar-refractivity contribution in [2.75, 3.05) is 45.2 Å². The molecular formula is C18H26N6O2S. The van der Waals surface area contributed by atoms with E-state index >= 15 is 0 Å². The van der Waals surface area contributed by atoms with Gasteiger partial charge in [0.1, 0.15) is 17.3 Å². The lowest BCUT2D eigenvalue weighted by molar-refractivity contribution is 0.371. The third-order valence-corrected chi connectivity index (χ3v) is 5.37. The van der Waals surface area contributed by atoms with Crippen molar-refractivity contribution in [2.24, 2.45) is 4.99 Å². The minimum Gasteiger partial charge on any atom is -0.508 e. The Balaban J connectivity index is 1.56. The largest absolute Gasteiger partial charge is 0.508 e. The van der Waals surface area contributed by atoms with Crippen LogP contribution in [-0.4, -0.2) is 65.7 Å². The first-order chi connectivity index (χ1) is 13.1. The molecule has 1 aromatic carbocycles. The summed E-state index contributed by atoms with van der Waals surface area (Å²) in [6.07, 6.45) is 0.865. The highest BCUT2D eigenvalue weighted by atomic mass is 32.1. The summed E-state index contributed by atoms with van der Waals surface area (Å²) in [6.45, 7) is 6.01. The normalized spacial score (nSPS) is 15.1. The molecule has 3 rings (SSSR count). The second-order valence-corrected chi connectivity index (χ2v) is 6.95. The number of rotatable bonds is 5. The highest BCUT2D eigenvalue weighted by Crippen LogP contribution is 2.23. The van der Waals surface area contributed by atoms with Crippen molar-refractivity contribution in [3.05, 3.63) is 29.6 Å². The maximum Gasteiger partial charge on any atom is 0.205 e. The van der Waals surface area contributed by atoms with Crippen LogP contribution in [0.2, 0.25) is 0 Å². The van der Waals surface area contributed by atoms with Gasteiger partial charge in [-0.25, -0.2) is 4.98 Å². The van der Waals surface area contributed by atoms with Crippen LogP contribution in [-0.2, 0) is 13.0 Å². The van der Waals surface area contributed by atoms with E-state index in [9.17, 15) is 5.11 Å². The van der Waals surface area contributed by atoms with Gasteiger partial charge in [-0.3, -0.25) is 4.99 Å². The van der Waals surface area contributed by atoms with E-state index in [1.807, 2.05) is 6.07 Å². The van der Waals surface area contributed by atoms with Gasteiger partial charge in [0.25, 0.3) is 0 Å². The SMILES string of the molecule is CCc1nsc(N2CCN(C(=NC)NCc3cc(OC)ccc3O)CC2)n1. The lowest BCUT2D eigenvalue weighted by atomic mass is 10.2. The highest BCUT2D eigenvalue weighted by molar-refractivity contribution is 7.09. The molecule has 0 bridgehead atoms. The Kier molecular flexibility index (Phi) is 6.33. The number of hydrogen-bond donors (Lipinski definition) is 2. The molecule has 2 N–H and O–H groups in total. The topological polar surface area (TPSA) is 86.1 Å². The Labute approximate surface area is 163 Å². The molecule has 9 heteroatoms. The average Bonchev–Trinajstić information content (AvgIpc) is 3.19. The first kappa shape index (κ1) is 19.2. The number of anilines is 1. The van der Waals surface area contributed by atoms with Gasteiger partial charge >= 0.3 is 0 Å². The van der Waals surface area contributed by atoms with E-state index in [4.69, 9.17) is 4.74 Å². The molecule has 2 heterocycles. The smallest absolute Gasteiger partial charge is 0.205 e. The standard InChI is InChI=1S/C18H26N6O2S/c1-4-16-21-18(27-22-16)24-9-7-23(8-10-24)17(19-2)20-12-13-11-14(26-3)5-6-15(13)25/h5-6,11,25H,4,7-10,12H2,1-3H3,(H,19,20). The van der Waals surface area contributed by atoms with Crippen molar-refractivity contribution >= 4 is 22.6 Å². The van der Waals surface area contributed by atoms with Gasteiger partial charge in [-0.05, 0) is 18.2 Å². The van der Waals surface area contributed by atoms with Crippen molar-refractivity contribution in [3.63, 3.8) is 0 Å². The van der Waals surface area contributed by atoms with Crippen molar-refractivity contribution in [3.8, 4) is 11.5 Å². The Morgan fingerprint density at radius 3 is 2.74 bits per heavy atom. The second-order valence-electron chi connectivity index (χ2n) is 6.22. The fraction of sp³-hybridized carbons (Fsp3) is 0.500. The van der Waals surface area contributed by atoms with Crippen molar-refractivity contribution < 1.29 is 9.84 Å². The van der Waals surface area contributed by atoms with Crippen molar-refractivity contribution in [1.82, 2.24) is 19.6 Å². The molecule has 0 unspecified atom stereocenters. The van der Waals surface area contributed by atoms with E-state index in [1.165, 1.54) is 11.5 Å². The molecule has 0 atom stereocenters. The predicted molar refractivity (Wildman–Crippen MR) is 108 cm³/mol. The van der Waals surface area contributed by atoms with E-state index in [2.05, 4.69) is 36.4 Å². The molecule has 2 aromatic rings. The Hall–Kier alpha value is -2.55. The number of methoxy groups -OCH3 is 1. The van der Waals surface area contributed by atoms with Gasteiger partial charge in [0.15, 0.2) is 5.96 Å². The Morgan fingerprint density at radius 1 is 1.33 bits per heavy atom. The van der Waals surface area contributed by atoms with Gasteiger partial charge in [0.2, 0.25) is 5.13 Å². The fourth-order valence-corrected chi connectivity index (χ4v) is 3.76. The van der Waals surface area contributed by atoms with Crippen LogP contribution >= 0.6 is 11.5 Å². The highest BCUT2D eigenvalue weighted by Gasteiger charge is 2.22. The number of aliphatic imine (C=N–C) groups is 1. The molecule has 27 heavy (non-hydrogen) atoms. The molecule has 1 aliphatic heterocycles. The summed E-state index contributed by atoms with van der Waals surface area (Å²) in [5.41, 5.74) is 0.773. The van der Waals surface area contributed by atoms with Crippen LogP contribution in [0.5, 0.6) is 11.5 Å². The van der Waals surface area contributed by atoms with Crippen LogP contribution in [0.1, 0.15) is 18.3 Å². The van der Waals surface area contributed by atoms with E-state index in [1.54, 1.807) is 26.3 Å². The van der Waals surface area contributed by atoms with Crippen LogP contribution in [0.25, 0.3) is 0 Å². The quantitative estimate of drug-likeness (QED) is 0.594. The third kappa shape index (κ3) is 4.60. The van der Waals surface area contributed by atoms with E-state index in [-0.39, 0.29) is 5.75 Å². The van der Waals surface area contributed by atoms with E-state index in [0.717, 1.165) is 60.8 Å². The molecule has 8 nitrogen and oxygen atoms in total. The summed E-state index contributed by atoms with van der Waals surface area (Å²) in [7, 11) is 3.39. The molecule has 1 fully saturated rings. The van der Waals surface area contributed by atoms with Crippen LogP contribution in [0.15, 0.2) is 23.2 Å². The van der Waals surface area contributed by atoms with Gasteiger partial charge in [-0.15, -0.1) is 0 Å². The molecule has 0 spiro atoms. The Morgan fingerprint density at radius 2 is 2.11 bits per heavy atom. The Bertz CT molecular complexity index is 786. The average molecular weight is 391 g/mol. The summed E-state index contributed by atoms with van der Waals surface area (Å²) in [6, 6.07) is 5.21. The maximum absolute atomic E-state index is 10.0. The lowest BCUT2D eigenvalue weighted by Crippen LogP contribution is -2.52. The van der Waals surface area contributed by atoms with E-state index < -0.39 is 0 Å². The number of nitrogens with one attached hydrogen (secondary N) is 1. The summed E-state index contributed by atoms with van der Waals surface area (Å²) in [5, 5.41) is 14.4. The molecule has 0 radical (unpaired) electrons. The molecule has 146 valence electrons. The summed E-state index contributed by atoms with van der Waals surface area (Å²) in [4.78, 5) is 13.5. The summed E-state index contributed by atoms with van der Waals surface area (Å²) in [5.74, 6) is 2.69. The fourth-order valence-electron chi connectivity index (χ4n) is 2.96. The van der Waals surface area contributed by atoms with Crippen molar-refractivity contribution in [2.45, 2.75) is 19.9 Å². The summed E-state index contributed by atoms with van der Waals surface area (Å²) < 4.78 is 9.60. The van der Waals surface area contributed by atoms with Gasteiger partial charge in [-0.2, -0.15) is 4.37 Å². The monoisotopic (exact) mass is 390 g/mol. The molecule has 1 aromatic heterocycles. The number of phenols is 1. The number of aromatic hydroxyl groups is 1. The van der Waals surface area contributed by atoms with Crippen LogP contribution in [0.4, 0.5) is 5.13 Å². The molecule has 0 aliphatic carbocycles. The second kappa shape index (κ2) is 8.90. The minimum atomic E-state index is 0.242. The van der Waals surface area contributed by atoms with Crippen LogP contribution in [0.3, 0.4) is 0 Å². The number of aryl methyl sites for hydroxylation is 1. The number of guanidine groups is 1. The predicted octanol–water partition coefficient (Wildman–Crippen LogP) is 1.71. The molecule has 0 saturated carbocycles. The minimum absolute atomic E-state index is 0.242. The number of phenolic OH excluding ortho intramolecular Hbond substituents is 1. The van der Waals surface area contributed by atoms with Crippen molar-refractivity contribution in [1.29, 1.82) is 0 Å². The number of hydrogen-bond acceptors (Lipinski definition) is 7. The van der Waals surface area contributed by atoms with Crippen LogP contribution < -0.4 is 15.0 Å². The molecule has 1 saturated heterocycles. The van der Waals surface area contributed by atoms with E-state index in [0.29, 0.717) is 6.54 Å². The van der Waals surface area contributed by atoms with Gasteiger partial charge in [0.05, 0.1) is 7.11 Å². The molecule has 1 aliphatic rings. The molecule has 0 amide bonds. The van der Waals surface area contributed by atoms with Crippen LogP contribution in [0, 0.1) is 0 Å². The zero-order valence-electron chi connectivity index (χ0n) is 16.0.